The number of benzene rings is 2. The van der Waals surface area contributed by atoms with Crippen molar-refractivity contribution in [1.29, 1.82) is 0 Å². The standard InChI is InChI=1S/C21H18FNO2/c22-18-9-8-15(10-13-21(24)11-4-1-5-12-21)14-17(18)20-16-6-2-3-7-19(16)25-23-20/h2-3,6-9,14,24H,1,4-5,11-12H2. The smallest absolute Gasteiger partial charge is 0.167 e. The van der Waals surface area contributed by atoms with Crippen LogP contribution in [0, 0.1) is 17.7 Å². The number of hydrogen-bond donors (Lipinski definition) is 1. The molecule has 126 valence electrons. The molecule has 1 saturated carbocycles. The highest BCUT2D eigenvalue weighted by molar-refractivity contribution is 5.91. The Morgan fingerprint density at radius 1 is 1.08 bits per heavy atom. The second-order valence-electron chi connectivity index (χ2n) is 6.56. The van der Waals surface area contributed by atoms with E-state index in [1.165, 1.54) is 6.07 Å². The first-order valence-electron chi connectivity index (χ1n) is 8.55. The number of rotatable bonds is 1. The van der Waals surface area contributed by atoms with Gasteiger partial charge in [0.05, 0.1) is 0 Å². The first-order chi connectivity index (χ1) is 12.1. The summed E-state index contributed by atoms with van der Waals surface area (Å²) in [6.07, 6.45) is 4.52. The molecule has 0 aliphatic heterocycles. The summed E-state index contributed by atoms with van der Waals surface area (Å²) in [6.45, 7) is 0. The van der Waals surface area contributed by atoms with Gasteiger partial charge in [0.2, 0.25) is 0 Å². The third-order valence-corrected chi connectivity index (χ3v) is 4.72. The van der Waals surface area contributed by atoms with Crippen LogP contribution in [0.1, 0.15) is 37.7 Å². The van der Waals surface area contributed by atoms with Crippen molar-refractivity contribution < 1.29 is 14.0 Å². The zero-order valence-corrected chi connectivity index (χ0v) is 13.8. The number of aromatic nitrogens is 1. The molecular formula is C21H18FNO2. The SMILES string of the molecule is OC1(C#Cc2ccc(F)c(-c3noc4ccccc34)c2)CCCCC1. The van der Waals surface area contributed by atoms with Gasteiger partial charge in [-0.05, 0) is 56.0 Å². The largest absolute Gasteiger partial charge is 0.378 e. The van der Waals surface area contributed by atoms with Gasteiger partial charge in [-0.1, -0.05) is 35.6 Å². The molecule has 0 bridgehead atoms. The molecule has 0 unspecified atom stereocenters. The number of nitrogens with zero attached hydrogens (tertiary/aromatic N) is 1. The Balaban J connectivity index is 1.72. The molecule has 4 heteroatoms. The van der Waals surface area contributed by atoms with Gasteiger partial charge in [0.25, 0.3) is 0 Å². The van der Waals surface area contributed by atoms with Gasteiger partial charge in [0, 0.05) is 16.5 Å². The van der Waals surface area contributed by atoms with Crippen LogP contribution >= 0.6 is 0 Å². The van der Waals surface area contributed by atoms with Crippen LogP contribution in [0.15, 0.2) is 47.0 Å². The van der Waals surface area contributed by atoms with E-state index in [-0.39, 0.29) is 5.82 Å². The summed E-state index contributed by atoms with van der Waals surface area (Å²) in [6, 6.07) is 12.0. The molecule has 0 radical (unpaired) electrons. The lowest BCUT2D eigenvalue weighted by molar-refractivity contribution is 0.0610. The van der Waals surface area contributed by atoms with Crippen LogP contribution in [0.2, 0.25) is 0 Å². The third kappa shape index (κ3) is 3.16. The van der Waals surface area contributed by atoms with Crippen LogP contribution < -0.4 is 0 Å². The molecule has 1 heterocycles. The van der Waals surface area contributed by atoms with E-state index >= 15 is 0 Å². The summed E-state index contributed by atoms with van der Waals surface area (Å²) in [5.41, 5.74) is 1.17. The van der Waals surface area contributed by atoms with E-state index in [1.54, 1.807) is 18.2 Å². The molecule has 1 N–H and O–H groups in total. The van der Waals surface area contributed by atoms with E-state index in [2.05, 4.69) is 17.0 Å². The number of halogens is 1. The quantitative estimate of drug-likeness (QED) is 0.657. The van der Waals surface area contributed by atoms with Crippen molar-refractivity contribution in [3.63, 3.8) is 0 Å². The lowest BCUT2D eigenvalue weighted by Gasteiger charge is -2.26. The lowest BCUT2D eigenvalue weighted by Crippen LogP contribution is -2.29. The zero-order valence-electron chi connectivity index (χ0n) is 13.8. The second-order valence-corrected chi connectivity index (χ2v) is 6.56. The highest BCUT2D eigenvalue weighted by atomic mass is 19.1. The van der Waals surface area contributed by atoms with Crippen molar-refractivity contribution in [2.24, 2.45) is 0 Å². The topological polar surface area (TPSA) is 46.3 Å². The third-order valence-electron chi connectivity index (χ3n) is 4.72. The van der Waals surface area contributed by atoms with Crippen LogP contribution in [0.3, 0.4) is 0 Å². The van der Waals surface area contributed by atoms with Crippen LogP contribution in [0.25, 0.3) is 22.2 Å². The Morgan fingerprint density at radius 2 is 1.88 bits per heavy atom. The van der Waals surface area contributed by atoms with Crippen LogP contribution in [-0.2, 0) is 0 Å². The lowest BCUT2D eigenvalue weighted by atomic mass is 9.85. The summed E-state index contributed by atoms with van der Waals surface area (Å²) >= 11 is 0. The molecule has 1 aliphatic rings. The maximum Gasteiger partial charge on any atom is 0.167 e. The van der Waals surface area contributed by atoms with Gasteiger partial charge >= 0.3 is 0 Å². The van der Waals surface area contributed by atoms with Gasteiger partial charge in [-0.3, -0.25) is 0 Å². The molecule has 1 fully saturated rings. The van der Waals surface area contributed by atoms with Gasteiger partial charge in [-0.15, -0.1) is 0 Å². The van der Waals surface area contributed by atoms with E-state index in [1.807, 2.05) is 18.2 Å². The van der Waals surface area contributed by atoms with Crippen molar-refractivity contribution in [2.75, 3.05) is 0 Å². The molecule has 3 nitrogen and oxygen atoms in total. The van der Waals surface area contributed by atoms with E-state index < -0.39 is 5.60 Å². The van der Waals surface area contributed by atoms with E-state index in [0.717, 1.165) is 24.6 Å². The van der Waals surface area contributed by atoms with Crippen molar-refractivity contribution in [2.45, 2.75) is 37.7 Å². The fourth-order valence-electron chi connectivity index (χ4n) is 3.31. The Morgan fingerprint density at radius 3 is 2.72 bits per heavy atom. The summed E-state index contributed by atoms with van der Waals surface area (Å²) in [5, 5.41) is 15.3. The number of fused-ring (bicyclic) bond motifs is 1. The van der Waals surface area contributed by atoms with Crippen LogP contribution in [0.5, 0.6) is 0 Å². The Hall–Kier alpha value is -2.64. The van der Waals surface area contributed by atoms with Crippen molar-refractivity contribution in [3.05, 3.63) is 53.8 Å². The van der Waals surface area contributed by atoms with Crippen LogP contribution in [0.4, 0.5) is 4.39 Å². The molecule has 0 saturated heterocycles. The first-order valence-corrected chi connectivity index (χ1v) is 8.55. The van der Waals surface area contributed by atoms with Gasteiger partial charge in [0.1, 0.15) is 17.1 Å². The summed E-state index contributed by atoms with van der Waals surface area (Å²) in [7, 11) is 0. The first kappa shape index (κ1) is 15.9. The van der Waals surface area contributed by atoms with Gasteiger partial charge in [0.15, 0.2) is 5.58 Å². The minimum atomic E-state index is -0.923. The summed E-state index contributed by atoms with van der Waals surface area (Å²) < 4.78 is 19.6. The molecule has 1 aliphatic carbocycles. The Kier molecular flexibility index (Phi) is 4.03. The molecule has 0 amide bonds. The van der Waals surface area contributed by atoms with Gasteiger partial charge in [-0.2, -0.15) is 0 Å². The molecule has 25 heavy (non-hydrogen) atoms. The summed E-state index contributed by atoms with van der Waals surface area (Å²) in [5.74, 6) is 5.62. The highest BCUT2D eigenvalue weighted by Gasteiger charge is 2.26. The van der Waals surface area contributed by atoms with E-state index in [9.17, 15) is 9.50 Å². The fraction of sp³-hybridized carbons (Fsp3) is 0.286. The normalized spacial score (nSPS) is 16.4. The van der Waals surface area contributed by atoms with Gasteiger partial charge in [-0.25, -0.2) is 4.39 Å². The predicted octanol–water partition coefficient (Wildman–Crippen LogP) is 4.68. The number of para-hydroxylation sites is 1. The number of hydrogen-bond acceptors (Lipinski definition) is 3. The maximum absolute atomic E-state index is 14.4. The average molecular weight is 335 g/mol. The fourth-order valence-corrected chi connectivity index (χ4v) is 3.31. The highest BCUT2D eigenvalue weighted by Crippen LogP contribution is 2.31. The second kappa shape index (κ2) is 6.34. The minimum absolute atomic E-state index is 0.354. The molecule has 0 spiro atoms. The Labute approximate surface area is 145 Å². The van der Waals surface area contributed by atoms with Crippen LogP contribution in [-0.4, -0.2) is 15.9 Å². The molecule has 3 aromatic rings. The average Bonchev–Trinajstić information content (AvgIpc) is 3.06. The molecular weight excluding hydrogens is 317 g/mol. The minimum Gasteiger partial charge on any atom is -0.378 e. The predicted molar refractivity (Wildman–Crippen MR) is 94.3 cm³/mol. The molecule has 2 aromatic carbocycles. The molecule has 0 atom stereocenters. The maximum atomic E-state index is 14.4. The van der Waals surface area contributed by atoms with Crippen molar-refractivity contribution >= 4 is 11.0 Å². The molecule has 1 aromatic heterocycles. The summed E-state index contributed by atoms with van der Waals surface area (Å²) in [4.78, 5) is 0. The van der Waals surface area contributed by atoms with Crippen molar-refractivity contribution in [3.8, 4) is 23.1 Å². The zero-order chi connectivity index (χ0) is 17.3. The Bertz CT molecular complexity index is 974. The van der Waals surface area contributed by atoms with Crippen molar-refractivity contribution in [1.82, 2.24) is 5.16 Å². The van der Waals surface area contributed by atoms with Gasteiger partial charge < -0.3 is 9.63 Å². The number of aliphatic hydroxyl groups is 1. The van der Waals surface area contributed by atoms with E-state index in [0.29, 0.717) is 35.2 Å². The monoisotopic (exact) mass is 335 g/mol. The molecule has 4 rings (SSSR count). The van der Waals surface area contributed by atoms with E-state index in [4.69, 9.17) is 4.52 Å².